The number of nitrogens with zero attached hydrogens (tertiary/aromatic N) is 3. The minimum absolute atomic E-state index is 0.229. The number of carboxylic acids is 1. The van der Waals surface area contributed by atoms with Gasteiger partial charge in [0.15, 0.2) is 5.11 Å². The molecule has 5 rings (SSSR count). The lowest BCUT2D eigenvalue weighted by Gasteiger charge is -2.29. The van der Waals surface area contributed by atoms with Gasteiger partial charge in [0.1, 0.15) is 5.75 Å². The van der Waals surface area contributed by atoms with Gasteiger partial charge >= 0.3 is 5.97 Å². The average Bonchev–Trinajstić information content (AvgIpc) is 3.39. The molecule has 0 aliphatic carbocycles. The standard InChI is InChI=1S/C28H26N4O3S/c1-17-16-20(18(2)31(17)22-12-5-4-10-19(22)27(33)34)26-25(21-11-8-9-15-29-21)30-28(36)32(26)23-13-6-7-14-24(23)35-3/h4-16,25-26H,1-3H3,(H,30,36)(H,33,34)/t25-,26+/m0/s1. The first-order valence-electron chi connectivity index (χ1n) is 11.6. The van der Waals surface area contributed by atoms with E-state index in [-0.39, 0.29) is 17.6 Å². The van der Waals surface area contributed by atoms with Crippen molar-refractivity contribution >= 4 is 29.0 Å². The Morgan fingerprint density at radius 3 is 2.42 bits per heavy atom. The number of aromatic carboxylic acids is 1. The van der Waals surface area contributed by atoms with Crippen LogP contribution in [0.4, 0.5) is 5.69 Å². The van der Waals surface area contributed by atoms with E-state index in [1.807, 2.05) is 73.0 Å². The van der Waals surface area contributed by atoms with E-state index in [1.54, 1.807) is 25.4 Å². The number of carbonyl (C=O) groups is 1. The first kappa shape index (κ1) is 23.6. The second kappa shape index (κ2) is 9.47. The number of benzene rings is 2. The van der Waals surface area contributed by atoms with E-state index >= 15 is 0 Å². The molecule has 0 unspecified atom stereocenters. The van der Waals surface area contributed by atoms with Gasteiger partial charge in [-0.15, -0.1) is 0 Å². The number of anilines is 1. The van der Waals surface area contributed by atoms with Crippen LogP contribution in [-0.2, 0) is 0 Å². The maximum absolute atomic E-state index is 12.0. The van der Waals surface area contributed by atoms with Crippen LogP contribution >= 0.6 is 12.2 Å². The first-order chi connectivity index (χ1) is 17.4. The minimum Gasteiger partial charge on any atom is -0.495 e. The van der Waals surface area contributed by atoms with Crippen LogP contribution in [0.5, 0.6) is 5.75 Å². The molecule has 1 aliphatic heterocycles. The Kier molecular flexibility index (Phi) is 6.20. The van der Waals surface area contributed by atoms with Gasteiger partial charge < -0.3 is 24.6 Å². The lowest BCUT2D eigenvalue weighted by atomic mass is 9.96. The zero-order valence-electron chi connectivity index (χ0n) is 20.2. The summed E-state index contributed by atoms with van der Waals surface area (Å²) in [6, 6.07) is 22.3. The average molecular weight is 499 g/mol. The SMILES string of the molecule is COc1ccccc1N1C(=S)N[C@@H](c2ccccn2)[C@H]1c1cc(C)n(-c2ccccc2C(=O)O)c1C. The van der Waals surface area contributed by atoms with Crippen molar-refractivity contribution in [3.05, 3.63) is 107 Å². The summed E-state index contributed by atoms with van der Waals surface area (Å²) in [4.78, 5) is 18.7. The van der Waals surface area contributed by atoms with Crippen molar-refractivity contribution in [3.8, 4) is 11.4 Å². The fourth-order valence-electron chi connectivity index (χ4n) is 5.07. The maximum Gasteiger partial charge on any atom is 0.337 e. The van der Waals surface area contributed by atoms with Crippen LogP contribution < -0.4 is 15.0 Å². The van der Waals surface area contributed by atoms with Gasteiger partial charge in [0.2, 0.25) is 0 Å². The Labute approximate surface area is 215 Å². The van der Waals surface area contributed by atoms with E-state index in [2.05, 4.69) is 21.3 Å². The molecule has 0 spiro atoms. The summed E-state index contributed by atoms with van der Waals surface area (Å²) < 4.78 is 7.68. The van der Waals surface area contributed by atoms with Crippen LogP contribution in [0.3, 0.4) is 0 Å². The molecular formula is C28H26N4O3S. The third kappa shape index (κ3) is 3.89. The molecule has 4 aromatic rings. The van der Waals surface area contributed by atoms with E-state index in [9.17, 15) is 9.90 Å². The van der Waals surface area contributed by atoms with E-state index in [4.69, 9.17) is 17.0 Å². The molecule has 0 amide bonds. The molecule has 0 saturated carbocycles. The molecular weight excluding hydrogens is 472 g/mol. The third-order valence-corrected chi connectivity index (χ3v) is 6.92. The van der Waals surface area contributed by atoms with Gasteiger partial charge in [0.25, 0.3) is 0 Å². The van der Waals surface area contributed by atoms with Crippen molar-refractivity contribution in [1.82, 2.24) is 14.9 Å². The fourth-order valence-corrected chi connectivity index (χ4v) is 5.41. The van der Waals surface area contributed by atoms with Gasteiger partial charge in [-0.25, -0.2) is 4.79 Å². The molecule has 7 nitrogen and oxygen atoms in total. The van der Waals surface area contributed by atoms with Crippen molar-refractivity contribution in [2.24, 2.45) is 0 Å². The normalized spacial score (nSPS) is 17.2. The van der Waals surface area contributed by atoms with E-state index in [0.29, 0.717) is 16.5 Å². The Morgan fingerprint density at radius 2 is 1.72 bits per heavy atom. The lowest BCUT2D eigenvalue weighted by Crippen LogP contribution is -2.30. The number of rotatable bonds is 6. The minimum atomic E-state index is -0.967. The van der Waals surface area contributed by atoms with Crippen LogP contribution in [0, 0.1) is 13.8 Å². The zero-order chi connectivity index (χ0) is 25.4. The Morgan fingerprint density at radius 1 is 1.03 bits per heavy atom. The summed E-state index contributed by atoms with van der Waals surface area (Å²) in [6.07, 6.45) is 1.77. The number of thiocarbonyl (C=S) groups is 1. The molecule has 2 aromatic carbocycles. The Bertz CT molecular complexity index is 1450. The molecule has 36 heavy (non-hydrogen) atoms. The molecule has 0 bridgehead atoms. The molecule has 2 atom stereocenters. The van der Waals surface area contributed by atoms with Crippen LogP contribution in [0.1, 0.15) is 45.1 Å². The number of carboxylic acid groups (broad SMARTS) is 1. The maximum atomic E-state index is 12.0. The highest BCUT2D eigenvalue weighted by Gasteiger charge is 2.43. The van der Waals surface area contributed by atoms with E-state index < -0.39 is 5.97 Å². The third-order valence-electron chi connectivity index (χ3n) is 6.61. The number of aryl methyl sites for hydroxylation is 1. The molecule has 1 aliphatic rings. The molecule has 1 fully saturated rings. The molecule has 0 radical (unpaired) electrons. The van der Waals surface area contributed by atoms with Crippen LogP contribution in [0.15, 0.2) is 79.0 Å². The highest BCUT2D eigenvalue weighted by molar-refractivity contribution is 7.80. The Balaban J connectivity index is 1.73. The van der Waals surface area contributed by atoms with Gasteiger partial charge in [0, 0.05) is 17.6 Å². The lowest BCUT2D eigenvalue weighted by molar-refractivity contribution is 0.0697. The monoisotopic (exact) mass is 498 g/mol. The van der Waals surface area contributed by atoms with Crippen molar-refractivity contribution in [2.75, 3.05) is 12.0 Å². The summed E-state index contributed by atoms with van der Waals surface area (Å²) in [6.45, 7) is 4.00. The number of hydrogen-bond donors (Lipinski definition) is 2. The van der Waals surface area contributed by atoms with Crippen molar-refractivity contribution < 1.29 is 14.6 Å². The largest absolute Gasteiger partial charge is 0.495 e. The number of pyridine rings is 1. The van der Waals surface area contributed by atoms with Gasteiger partial charge in [0.05, 0.1) is 41.8 Å². The number of para-hydroxylation sites is 3. The van der Waals surface area contributed by atoms with E-state index in [0.717, 1.165) is 28.3 Å². The van der Waals surface area contributed by atoms with E-state index in [1.165, 1.54) is 0 Å². The molecule has 2 N–H and O–H groups in total. The second-order valence-corrected chi connectivity index (χ2v) is 9.04. The molecule has 2 aromatic heterocycles. The number of hydrogen-bond acceptors (Lipinski definition) is 4. The summed E-state index contributed by atoms with van der Waals surface area (Å²) in [5.74, 6) is -0.260. The number of ether oxygens (including phenoxy) is 1. The van der Waals surface area contributed by atoms with Crippen molar-refractivity contribution in [2.45, 2.75) is 25.9 Å². The summed E-state index contributed by atoms with van der Waals surface area (Å²) >= 11 is 5.86. The quantitative estimate of drug-likeness (QED) is 0.346. The van der Waals surface area contributed by atoms with Crippen LogP contribution in [0.2, 0.25) is 0 Å². The fraction of sp³-hybridized carbons (Fsp3) is 0.179. The molecule has 8 heteroatoms. The van der Waals surface area contributed by atoms with Crippen molar-refractivity contribution in [3.63, 3.8) is 0 Å². The van der Waals surface area contributed by atoms with Gasteiger partial charge in [-0.2, -0.15) is 0 Å². The zero-order valence-corrected chi connectivity index (χ0v) is 21.0. The van der Waals surface area contributed by atoms with Gasteiger partial charge in [-0.05, 0) is 74.1 Å². The van der Waals surface area contributed by atoms with Gasteiger partial charge in [-0.1, -0.05) is 30.3 Å². The highest BCUT2D eigenvalue weighted by atomic mass is 32.1. The van der Waals surface area contributed by atoms with Crippen LogP contribution in [0.25, 0.3) is 5.69 Å². The Hall–Kier alpha value is -4.17. The highest BCUT2D eigenvalue weighted by Crippen LogP contribution is 2.46. The summed E-state index contributed by atoms with van der Waals surface area (Å²) in [7, 11) is 1.64. The molecule has 1 saturated heterocycles. The smallest absolute Gasteiger partial charge is 0.337 e. The number of nitrogens with one attached hydrogen (secondary N) is 1. The predicted molar refractivity (Wildman–Crippen MR) is 143 cm³/mol. The second-order valence-electron chi connectivity index (χ2n) is 8.65. The summed E-state index contributed by atoms with van der Waals surface area (Å²) in [5.41, 5.74) is 5.44. The van der Waals surface area contributed by atoms with Crippen molar-refractivity contribution in [1.29, 1.82) is 0 Å². The summed E-state index contributed by atoms with van der Waals surface area (Å²) in [5, 5.41) is 13.9. The molecule has 3 heterocycles. The molecule has 182 valence electrons. The first-order valence-corrected chi connectivity index (χ1v) is 12.0. The van der Waals surface area contributed by atoms with Gasteiger partial charge in [-0.3, -0.25) is 4.98 Å². The van der Waals surface area contributed by atoms with Crippen LogP contribution in [-0.4, -0.2) is 32.8 Å². The number of methoxy groups -OCH3 is 1. The topological polar surface area (TPSA) is 79.6 Å². The number of aromatic nitrogens is 2. The predicted octanol–water partition coefficient (Wildman–Crippen LogP) is 5.37.